The van der Waals surface area contributed by atoms with Crippen LogP contribution in [0.15, 0.2) is 24.3 Å². The van der Waals surface area contributed by atoms with E-state index in [0.717, 1.165) is 6.42 Å². The van der Waals surface area contributed by atoms with Gasteiger partial charge in [-0.15, -0.1) is 0 Å². The first-order valence-corrected chi connectivity index (χ1v) is 7.77. The maximum Gasteiger partial charge on any atom is 0.407 e. The number of halogens is 1. The average Bonchev–Trinajstić information content (AvgIpc) is 2.44. The molecule has 1 atom stereocenters. The van der Waals surface area contributed by atoms with Crippen LogP contribution >= 0.6 is 11.6 Å². The highest BCUT2D eigenvalue weighted by molar-refractivity contribution is 6.30. The van der Waals surface area contributed by atoms with Gasteiger partial charge in [0.15, 0.2) is 0 Å². The molecule has 22 heavy (non-hydrogen) atoms. The molecular weight excluding hydrogens is 304 g/mol. The third-order valence-corrected chi connectivity index (χ3v) is 3.18. The van der Waals surface area contributed by atoms with Crippen LogP contribution in [0.25, 0.3) is 0 Å². The van der Waals surface area contributed by atoms with E-state index in [4.69, 9.17) is 16.3 Å². The summed E-state index contributed by atoms with van der Waals surface area (Å²) in [6, 6.07) is 6.55. The fourth-order valence-electron chi connectivity index (χ4n) is 2.05. The molecule has 1 rings (SSSR count). The number of ether oxygens (including phenoxy) is 1. The first kappa shape index (κ1) is 18.3. The zero-order valence-electron chi connectivity index (χ0n) is 13.2. The van der Waals surface area contributed by atoms with Crippen molar-refractivity contribution in [1.29, 1.82) is 0 Å². The van der Waals surface area contributed by atoms with E-state index in [1.807, 2.05) is 0 Å². The lowest BCUT2D eigenvalue weighted by Crippen LogP contribution is -2.44. The Labute approximate surface area is 136 Å². The highest BCUT2D eigenvalue weighted by Gasteiger charge is 2.16. The average molecular weight is 327 g/mol. The zero-order valence-corrected chi connectivity index (χ0v) is 13.9. The maximum absolute atomic E-state index is 12.1. The van der Waals surface area contributed by atoms with Gasteiger partial charge in [0.05, 0.1) is 6.61 Å². The smallest absolute Gasteiger partial charge is 0.407 e. The number of carbonyl (C=O) groups is 2. The molecule has 0 aliphatic rings. The first-order valence-electron chi connectivity index (χ1n) is 7.39. The molecule has 5 nitrogen and oxygen atoms in total. The molecule has 0 saturated carbocycles. The van der Waals surface area contributed by atoms with Crippen LogP contribution in [0.2, 0.25) is 5.02 Å². The standard InChI is InChI=1S/C16H23ClN2O3/c1-4-22-16(21)19-14(8-11(2)3)10-18-15(20)12-6-5-7-13(17)9-12/h5-7,9,11,14H,4,8,10H2,1-3H3,(H,18,20)(H,19,21). The van der Waals surface area contributed by atoms with E-state index in [0.29, 0.717) is 29.7 Å². The predicted molar refractivity (Wildman–Crippen MR) is 87.2 cm³/mol. The van der Waals surface area contributed by atoms with Crippen molar-refractivity contribution in [3.8, 4) is 0 Å². The molecule has 1 aromatic rings. The third-order valence-electron chi connectivity index (χ3n) is 2.95. The molecule has 122 valence electrons. The topological polar surface area (TPSA) is 67.4 Å². The van der Waals surface area contributed by atoms with E-state index in [-0.39, 0.29) is 11.9 Å². The van der Waals surface area contributed by atoms with Gasteiger partial charge < -0.3 is 15.4 Å². The fourth-order valence-corrected chi connectivity index (χ4v) is 2.24. The van der Waals surface area contributed by atoms with E-state index in [1.54, 1.807) is 31.2 Å². The van der Waals surface area contributed by atoms with Crippen LogP contribution in [-0.4, -0.2) is 31.2 Å². The first-order chi connectivity index (χ1) is 10.4. The largest absolute Gasteiger partial charge is 0.450 e. The van der Waals surface area contributed by atoms with Crippen molar-refractivity contribution in [1.82, 2.24) is 10.6 Å². The Morgan fingerprint density at radius 3 is 2.64 bits per heavy atom. The lowest BCUT2D eigenvalue weighted by molar-refractivity contribution is 0.0944. The molecule has 0 bridgehead atoms. The minimum atomic E-state index is -0.467. The van der Waals surface area contributed by atoms with Crippen LogP contribution in [0, 0.1) is 5.92 Å². The summed E-state index contributed by atoms with van der Waals surface area (Å²) in [5.74, 6) is 0.164. The summed E-state index contributed by atoms with van der Waals surface area (Å²) in [7, 11) is 0. The van der Waals surface area contributed by atoms with Gasteiger partial charge in [0.1, 0.15) is 0 Å². The predicted octanol–water partition coefficient (Wildman–Crippen LogP) is 3.23. The van der Waals surface area contributed by atoms with Crippen molar-refractivity contribution in [3.63, 3.8) is 0 Å². The number of benzene rings is 1. The highest BCUT2D eigenvalue weighted by Crippen LogP contribution is 2.10. The van der Waals surface area contributed by atoms with Gasteiger partial charge in [-0.25, -0.2) is 4.79 Å². The van der Waals surface area contributed by atoms with Crippen molar-refractivity contribution in [2.24, 2.45) is 5.92 Å². The summed E-state index contributed by atoms with van der Waals surface area (Å²) in [6.45, 7) is 6.51. The summed E-state index contributed by atoms with van der Waals surface area (Å²) < 4.78 is 4.88. The molecule has 1 aromatic carbocycles. The zero-order chi connectivity index (χ0) is 16.5. The second-order valence-electron chi connectivity index (χ2n) is 5.41. The van der Waals surface area contributed by atoms with Crippen LogP contribution in [0.1, 0.15) is 37.6 Å². The normalized spacial score (nSPS) is 11.9. The van der Waals surface area contributed by atoms with Crippen molar-refractivity contribution >= 4 is 23.6 Å². The Balaban J connectivity index is 2.58. The molecule has 0 spiro atoms. The van der Waals surface area contributed by atoms with E-state index in [2.05, 4.69) is 24.5 Å². The van der Waals surface area contributed by atoms with Gasteiger partial charge in [-0.3, -0.25) is 4.79 Å². The van der Waals surface area contributed by atoms with Gasteiger partial charge in [0.2, 0.25) is 0 Å². The Hall–Kier alpha value is -1.75. The van der Waals surface area contributed by atoms with Crippen molar-refractivity contribution < 1.29 is 14.3 Å². The van der Waals surface area contributed by atoms with Crippen LogP contribution in [0.4, 0.5) is 4.79 Å². The van der Waals surface area contributed by atoms with Gasteiger partial charge in [0.25, 0.3) is 5.91 Å². The van der Waals surface area contributed by atoms with Crippen molar-refractivity contribution in [2.45, 2.75) is 33.2 Å². The van der Waals surface area contributed by atoms with E-state index in [1.165, 1.54) is 0 Å². The second-order valence-corrected chi connectivity index (χ2v) is 5.85. The number of hydrogen-bond acceptors (Lipinski definition) is 3. The third kappa shape index (κ3) is 6.80. The number of rotatable bonds is 7. The number of alkyl carbamates (subject to hydrolysis) is 1. The van der Waals surface area contributed by atoms with E-state index in [9.17, 15) is 9.59 Å². The van der Waals surface area contributed by atoms with Gasteiger partial charge in [-0.05, 0) is 37.5 Å². The number of nitrogens with one attached hydrogen (secondary N) is 2. The molecule has 0 fully saturated rings. The molecule has 0 aliphatic heterocycles. The summed E-state index contributed by atoms with van der Waals surface area (Å²) in [4.78, 5) is 23.6. The summed E-state index contributed by atoms with van der Waals surface area (Å²) in [5, 5.41) is 6.09. The molecule has 1 unspecified atom stereocenters. The number of carbonyl (C=O) groups excluding carboxylic acids is 2. The summed E-state index contributed by atoms with van der Waals surface area (Å²) >= 11 is 5.87. The molecule has 0 aliphatic carbocycles. The lowest BCUT2D eigenvalue weighted by atomic mass is 10.0. The van der Waals surface area contributed by atoms with E-state index < -0.39 is 6.09 Å². The van der Waals surface area contributed by atoms with Crippen LogP contribution < -0.4 is 10.6 Å². The molecule has 0 heterocycles. The second kappa shape index (κ2) is 9.30. The van der Waals surface area contributed by atoms with Gasteiger partial charge in [-0.1, -0.05) is 31.5 Å². The lowest BCUT2D eigenvalue weighted by Gasteiger charge is -2.20. The van der Waals surface area contributed by atoms with Crippen molar-refractivity contribution in [3.05, 3.63) is 34.9 Å². The molecule has 2 amide bonds. The van der Waals surface area contributed by atoms with Crippen molar-refractivity contribution in [2.75, 3.05) is 13.2 Å². The molecule has 2 N–H and O–H groups in total. The molecule has 0 saturated heterocycles. The maximum atomic E-state index is 12.1. The molecule has 0 aromatic heterocycles. The quantitative estimate of drug-likeness (QED) is 0.808. The fraction of sp³-hybridized carbons (Fsp3) is 0.500. The van der Waals surface area contributed by atoms with Crippen LogP contribution in [0.3, 0.4) is 0 Å². The summed E-state index contributed by atoms with van der Waals surface area (Å²) in [5.41, 5.74) is 0.493. The number of hydrogen-bond donors (Lipinski definition) is 2. The molecule has 6 heteroatoms. The van der Waals surface area contributed by atoms with Gasteiger partial charge in [0, 0.05) is 23.2 Å². The Kier molecular flexibility index (Phi) is 7.74. The van der Waals surface area contributed by atoms with Gasteiger partial charge >= 0.3 is 6.09 Å². The minimum Gasteiger partial charge on any atom is -0.450 e. The summed E-state index contributed by atoms with van der Waals surface area (Å²) in [6.07, 6.45) is 0.277. The minimum absolute atomic E-state index is 0.179. The molecular formula is C16H23ClN2O3. The van der Waals surface area contributed by atoms with Gasteiger partial charge in [-0.2, -0.15) is 0 Å². The monoisotopic (exact) mass is 326 g/mol. The van der Waals surface area contributed by atoms with E-state index >= 15 is 0 Å². The Morgan fingerprint density at radius 2 is 2.05 bits per heavy atom. The highest BCUT2D eigenvalue weighted by atomic mass is 35.5. The molecule has 0 radical (unpaired) electrons. The Morgan fingerprint density at radius 1 is 1.32 bits per heavy atom. The SMILES string of the molecule is CCOC(=O)NC(CNC(=O)c1cccc(Cl)c1)CC(C)C. The van der Waals surface area contributed by atoms with Crippen LogP contribution in [0.5, 0.6) is 0 Å². The van der Waals surface area contributed by atoms with Crippen LogP contribution in [-0.2, 0) is 4.74 Å². The number of amides is 2. The Bertz CT molecular complexity index is 506.